The summed E-state index contributed by atoms with van der Waals surface area (Å²) in [7, 11) is 0. The second kappa shape index (κ2) is 8.93. The molecule has 4 nitrogen and oxygen atoms in total. The quantitative estimate of drug-likeness (QED) is 0.747. The Hall–Kier alpha value is -1.36. The Morgan fingerprint density at radius 3 is 2.36 bits per heavy atom. The van der Waals surface area contributed by atoms with E-state index in [0.717, 1.165) is 63.6 Å². The zero-order valence-electron chi connectivity index (χ0n) is 13.6. The summed E-state index contributed by atoms with van der Waals surface area (Å²) in [5.41, 5.74) is 2.38. The molecule has 0 unspecified atom stereocenters. The largest absolute Gasteiger partial charge is 0.494 e. The minimum atomic E-state index is 0.255. The average Bonchev–Trinajstić information content (AvgIpc) is 2.55. The van der Waals surface area contributed by atoms with E-state index in [0.29, 0.717) is 0 Å². The number of aliphatic hydroxyl groups is 1. The van der Waals surface area contributed by atoms with Crippen molar-refractivity contribution >= 4 is 5.76 Å². The topological polar surface area (TPSA) is 35.9 Å². The third kappa shape index (κ3) is 5.13. The monoisotopic (exact) mass is 304 g/mol. The van der Waals surface area contributed by atoms with Crippen molar-refractivity contribution in [2.24, 2.45) is 0 Å². The molecule has 1 heterocycles. The van der Waals surface area contributed by atoms with Gasteiger partial charge in [-0.1, -0.05) is 37.8 Å². The minimum absolute atomic E-state index is 0.255. The van der Waals surface area contributed by atoms with Crippen LogP contribution in [0.15, 0.2) is 30.8 Å². The fourth-order valence-corrected chi connectivity index (χ4v) is 2.68. The van der Waals surface area contributed by atoms with Crippen molar-refractivity contribution in [3.8, 4) is 0 Å². The van der Waals surface area contributed by atoms with Gasteiger partial charge in [-0.15, -0.1) is 0 Å². The van der Waals surface area contributed by atoms with E-state index in [4.69, 9.17) is 9.84 Å². The standard InChI is InChI=1S/C18H28N2O2/c1-3-14-22-16(2)18-6-4-17(5-7-18)15-20-10-8-19(9-11-20)12-13-21/h4-7,21H,2-3,8-15H2,1H3. The normalized spacial score (nSPS) is 16.6. The van der Waals surface area contributed by atoms with E-state index in [9.17, 15) is 0 Å². The predicted octanol–water partition coefficient (Wildman–Crippen LogP) is 2.19. The number of rotatable bonds is 8. The van der Waals surface area contributed by atoms with Gasteiger partial charge in [0.25, 0.3) is 0 Å². The molecule has 1 N–H and O–H groups in total. The van der Waals surface area contributed by atoms with Crippen molar-refractivity contribution in [3.05, 3.63) is 42.0 Å². The van der Waals surface area contributed by atoms with Crippen LogP contribution in [0.4, 0.5) is 0 Å². The molecule has 0 aromatic heterocycles. The second-order valence-electron chi connectivity index (χ2n) is 5.81. The van der Waals surface area contributed by atoms with E-state index in [1.54, 1.807) is 0 Å². The molecule has 4 heteroatoms. The first-order valence-corrected chi connectivity index (χ1v) is 8.19. The molecule has 1 aromatic carbocycles. The Kier molecular flexibility index (Phi) is 6.90. The summed E-state index contributed by atoms with van der Waals surface area (Å²) in [4.78, 5) is 4.78. The van der Waals surface area contributed by atoms with E-state index in [1.807, 2.05) is 0 Å². The second-order valence-corrected chi connectivity index (χ2v) is 5.81. The smallest absolute Gasteiger partial charge is 0.119 e. The fourth-order valence-electron chi connectivity index (χ4n) is 2.68. The third-order valence-corrected chi connectivity index (χ3v) is 4.04. The van der Waals surface area contributed by atoms with E-state index in [1.165, 1.54) is 5.56 Å². The lowest BCUT2D eigenvalue weighted by molar-refractivity contribution is 0.108. The summed E-state index contributed by atoms with van der Waals surface area (Å²) >= 11 is 0. The summed E-state index contributed by atoms with van der Waals surface area (Å²) in [6.45, 7) is 13.0. The Bertz CT molecular complexity index is 451. The number of benzene rings is 1. The minimum Gasteiger partial charge on any atom is -0.494 e. The lowest BCUT2D eigenvalue weighted by atomic mass is 10.1. The first-order chi connectivity index (χ1) is 10.7. The summed E-state index contributed by atoms with van der Waals surface area (Å²) in [6.07, 6.45) is 0.999. The molecule has 0 bridgehead atoms. The summed E-state index contributed by atoms with van der Waals surface area (Å²) < 4.78 is 5.57. The number of aliphatic hydroxyl groups excluding tert-OH is 1. The molecule has 1 aliphatic rings. The van der Waals surface area contributed by atoms with Gasteiger partial charge in [-0.3, -0.25) is 9.80 Å². The molecule has 0 amide bonds. The van der Waals surface area contributed by atoms with Gasteiger partial charge in [0.2, 0.25) is 0 Å². The number of hydrogen-bond acceptors (Lipinski definition) is 4. The van der Waals surface area contributed by atoms with Crippen LogP contribution in [0.3, 0.4) is 0 Å². The molecule has 0 saturated carbocycles. The van der Waals surface area contributed by atoms with Gasteiger partial charge in [-0.05, 0) is 12.0 Å². The van der Waals surface area contributed by atoms with Gasteiger partial charge >= 0.3 is 0 Å². The third-order valence-electron chi connectivity index (χ3n) is 4.04. The highest BCUT2D eigenvalue weighted by atomic mass is 16.5. The SMILES string of the molecule is C=C(OCCC)c1ccc(CN2CCN(CCO)CC2)cc1. The van der Waals surface area contributed by atoms with Gasteiger partial charge in [-0.2, -0.15) is 0 Å². The van der Waals surface area contributed by atoms with Crippen LogP contribution in [0.2, 0.25) is 0 Å². The van der Waals surface area contributed by atoms with E-state index in [2.05, 4.69) is 47.6 Å². The number of β-amino-alcohol motifs (C(OH)–C–C–N with tert-alkyl or cyclic N) is 1. The first kappa shape index (κ1) is 17.0. The number of nitrogens with zero attached hydrogens (tertiary/aromatic N) is 2. The highest BCUT2D eigenvalue weighted by Gasteiger charge is 2.16. The van der Waals surface area contributed by atoms with Gasteiger partial charge < -0.3 is 9.84 Å². The van der Waals surface area contributed by atoms with Crippen LogP contribution in [0.5, 0.6) is 0 Å². The maximum atomic E-state index is 8.97. The predicted molar refractivity (Wildman–Crippen MR) is 90.5 cm³/mol. The van der Waals surface area contributed by atoms with Crippen LogP contribution in [-0.2, 0) is 11.3 Å². The van der Waals surface area contributed by atoms with Crippen LogP contribution in [-0.4, -0.2) is 60.8 Å². The van der Waals surface area contributed by atoms with E-state index in [-0.39, 0.29) is 6.61 Å². The van der Waals surface area contributed by atoms with Crippen LogP contribution in [0, 0.1) is 0 Å². The van der Waals surface area contributed by atoms with E-state index >= 15 is 0 Å². The highest BCUT2D eigenvalue weighted by molar-refractivity contribution is 5.57. The first-order valence-electron chi connectivity index (χ1n) is 8.19. The van der Waals surface area contributed by atoms with Crippen LogP contribution in [0.1, 0.15) is 24.5 Å². The zero-order chi connectivity index (χ0) is 15.8. The van der Waals surface area contributed by atoms with Gasteiger partial charge in [0.15, 0.2) is 0 Å². The Balaban J connectivity index is 1.80. The Morgan fingerprint density at radius 1 is 1.14 bits per heavy atom. The molecule has 1 aromatic rings. The molecule has 22 heavy (non-hydrogen) atoms. The molecule has 2 rings (SSSR count). The van der Waals surface area contributed by atoms with E-state index < -0.39 is 0 Å². The molecule has 0 aliphatic carbocycles. The molecule has 0 atom stereocenters. The molecular formula is C18H28N2O2. The van der Waals surface area contributed by atoms with Crippen LogP contribution in [0.25, 0.3) is 5.76 Å². The van der Waals surface area contributed by atoms with Crippen molar-refractivity contribution in [3.63, 3.8) is 0 Å². The van der Waals surface area contributed by atoms with Crippen molar-refractivity contribution in [2.75, 3.05) is 45.9 Å². The van der Waals surface area contributed by atoms with Crippen molar-refractivity contribution in [1.29, 1.82) is 0 Å². The molecule has 122 valence electrons. The van der Waals surface area contributed by atoms with Gasteiger partial charge in [-0.25, -0.2) is 0 Å². The lowest BCUT2D eigenvalue weighted by Gasteiger charge is -2.34. The average molecular weight is 304 g/mol. The van der Waals surface area contributed by atoms with Crippen molar-refractivity contribution in [2.45, 2.75) is 19.9 Å². The molecule has 0 spiro atoms. The summed E-state index contributed by atoms with van der Waals surface area (Å²) in [5.74, 6) is 0.756. The molecule has 1 aliphatic heterocycles. The number of ether oxygens (including phenoxy) is 1. The van der Waals surface area contributed by atoms with Crippen molar-refractivity contribution in [1.82, 2.24) is 9.80 Å². The molecule has 0 radical (unpaired) electrons. The van der Waals surface area contributed by atoms with Crippen LogP contribution >= 0.6 is 0 Å². The van der Waals surface area contributed by atoms with Crippen molar-refractivity contribution < 1.29 is 9.84 Å². The summed E-state index contributed by atoms with van der Waals surface area (Å²) in [5, 5.41) is 8.97. The number of piperazine rings is 1. The molecule has 1 fully saturated rings. The maximum Gasteiger partial charge on any atom is 0.119 e. The fraction of sp³-hybridized carbons (Fsp3) is 0.556. The zero-order valence-corrected chi connectivity index (χ0v) is 13.6. The maximum absolute atomic E-state index is 8.97. The molecule has 1 saturated heterocycles. The Morgan fingerprint density at radius 2 is 1.77 bits per heavy atom. The Labute approximate surface area is 134 Å². The highest BCUT2D eigenvalue weighted by Crippen LogP contribution is 2.16. The number of hydrogen-bond donors (Lipinski definition) is 1. The van der Waals surface area contributed by atoms with Gasteiger partial charge in [0.1, 0.15) is 5.76 Å². The van der Waals surface area contributed by atoms with Gasteiger partial charge in [0, 0.05) is 44.8 Å². The lowest BCUT2D eigenvalue weighted by Crippen LogP contribution is -2.46. The molecular weight excluding hydrogens is 276 g/mol. The van der Waals surface area contributed by atoms with Crippen LogP contribution < -0.4 is 0 Å². The van der Waals surface area contributed by atoms with Gasteiger partial charge in [0.05, 0.1) is 13.2 Å². The summed E-state index contributed by atoms with van der Waals surface area (Å²) in [6, 6.07) is 8.51.